The van der Waals surface area contributed by atoms with Gasteiger partial charge in [-0.3, -0.25) is 0 Å². The Morgan fingerprint density at radius 2 is 2.00 bits per heavy atom. The molecule has 0 spiro atoms. The summed E-state index contributed by atoms with van der Waals surface area (Å²) in [7, 11) is 0. The van der Waals surface area contributed by atoms with Crippen LogP contribution in [0.25, 0.3) is 0 Å². The molecule has 0 aliphatic carbocycles. The lowest BCUT2D eigenvalue weighted by atomic mass is 10.2. The lowest BCUT2D eigenvalue weighted by molar-refractivity contribution is -0.0505. The number of ether oxygens (including phenoxy) is 1. The molecule has 0 atom stereocenters. The highest BCUT2D eigenvalue weighted by molar-refractivity contribution is 9.11. The smallest absolute Gasteiger partial charge is 0.387 e. The van der Waals surface area contributed by atoms with E-state index in [-0.39, 0.29) is 11.3 Å². The van der Waals surface area contributed by atoms with Gasteiger partial charge in [0.1, 0.15) is 6.07 Å². The van der Waals surface area contributed by atoms with Crippen molar-refractivity contribution in [3.8, 4) is 11.8 Å². The van der Waals surface area contributed by atoms with Gasteiger partial charge in [-0.15, -0.1) is 0 Å². The molecule has 74 valence electrons. The minimum absolute atomic E-state index is 0.0477. The molecule has 14 heavy (non-hydrogen) atoms. The SMILES string of the molecule is N#Cc1cc(Br)cc(Br)c1OC(F)F. The van der Waals surface area contributed by atoms with Crippen LogP contribution in [-0.2, 0) is 0 Å². The van der Waals surface area contributed by atoms with Crippen molar-refractivity contribution < 1.29 is 13.5 Å². The maximum absolute atomic E-state index is 12.0. The number of nitriles is 1. The summed E-state index contributed by atoms with van der Waals surface area (Å²) in [5, 5.41) is 8.66. The molecule has 1 aromatic rings. The molecular formula is C8H3Br2F2NO. The van der Waals surface area contributed by atoms with E-state index in [4.69, 9.17) is 5.26 Å². The second kappa shape index (κ2) is 4.71. The molecule has 0 saturated carbocycles. The van der Waals surface area contributed by atoms with Crippen LogP contribution in [0.3, 0.4) is 0 Å². The van der Waals surface area contributed by atoms with Gasteiger partial charge in [0.2, 0.25) is 0 Å². The molecule has 1 rings (SSSR count). The van der Waals surface area contributed by atoms with E-state index in [9.17, 15) is 8.78 Å². The molecule has 6 heteroatoms. The van der Waals surface area contributed by atoms with Gasteiger partial charge in [-0.2, -0.15) is 14.0 Å². The van der Waals surface area contributed by atoms with Crippen molar-refractivity contribution in [3.63, 3.8) is 0 Å². The van der Waals surface area contributed by atoms with Crippen LogP contribution in [0.4, 0.5) is 8.78 Å². The van der Waals surface area contributed by atoms with Gasteiger partial charge in [-0.1, -0.05) is 15.9 Å². The zero-order chi connectivity index (χ0) is 10.7. The van der Waals surface area contributed by atoms with Crippen LogP contribution in [-0.4, -0.2) is 6.61 Å². The fourth-order valence-corrected chi connectivity index (χ4v) is 2.17. The Morgan fingerprint density at radius 3 is 2.50 bits per heavy atom. The topological polar surface area (TPSA) is 33.0 Å². The minimum Gasteiger partial charge on any atom is -0.432 e. The zero-order valence-corrected chi connectivity index (χ0v) is 9.77. The molecule has 0 bridgehead atoms. The summed E-state index contributed by atoms with van der Waals surface area (Å²) in [5.41, 5.74) is 0.0477. The van der Waals surface area contributed by atoms with Crippen molar-refractivity contribution in [2.75, 3.05) is 0 Å². The Labute approximate surface area is 95.7 Å². The Hall–Kier alpha value is -0.670. The first-order valence-electron chi connectivity index (χ1n) is 3.38. The summed E-state index contributed by atoms with van der Waals surface area (Å²) in [6.07, 6.45) is 0. The van der Waals surface area contributed by atoms with Gasteiger partial charge in [0.15, 0.2) is 5.75 Å². The number of hydrogen-bond acceptors (Lipinski definition) is 2. The Balaban J connectivity index is 3.20. The van der Waals surface area contributed by atoms with Gasteiger partial charge in [-0.25, -0.2) is 0 Å². The van der Waals surface area contributed by atoms with E-state index in [0.29, 0.717) is 8.95 Å². The lowest BCUT2D eigenvalue weighted by Crippen LogP contribution is -2.04. The predicted octanol–water partition coefficient (Wildman–Crippen LogP) is 3.68. The van der Waals surface area contributed by atoms with E-state index in [1.807, 2.05) is 0 Å². The Kier molecular flexibility index (Phi) is 3.84. The maximum atomic E-state index is 12.0. The van der Waals surface area contributed by atoms with E-state index < -0.39 is 6.61 Å². The number of halogens is 4. The largest absolute Gasteiger partial charge is 0.432 e. The van der Waals surface area contributed by atoms with Gasteiger partial charge >= 0.3 is 6.61 Å². The summed E-state index contributed by atoms with van der Waals surface area (Å²) >= 11 is 6.16. The van der Waals surface area contributed by atoms with E-state index in [2.05, 4.69) is 36.6 Å². The van der Waals surface area contributed by atoms with Crippen LogP contribution in [0, 0.1) is 11.3 Å². The fourth-order valence-electron chi connectivity index (χ4n) is 0.852. The van der Waals surface area contributed by atoms with Crippen LogP contribution >= 0.6 is 31.9 Å². The first kappa shape index (κ1) is 11.4. The molecule has 0 fully saturated rings. The van der Waals surface area contributed by atoms with Crippen LogP contribution in [0.1, 0.15) is 5.56 Å². The molecule has 0 aliphatic rings. The van der Waals surface area contributed by atoms with Crippen molar-refractivity contribution in [1.82, 2.24) is 0 Å². The van der Waals surface area contributed by atoms with Crippen molar-refractivity contribution in [2.45, 2.75) is 6.61 Å². The van der Waals surface area contributed by atoms with Crippen LogP contribution in [0.5, 0.6) is 5.75 Å². The number of hydrogen-bond donors (Lipinski definition) is 0. The third-order valence-electron chi connectivity index (χ3n) is 1.34. The molecule has 0 radical (unpaired) electrons. The second-order valence-corrected chi connectivity index (χ2v) is 4.02. The molecule has 0 unspecified atom stereocenters. The summed E-state index contributed by atoms with van der Waals surface area (Å²) in [6, 6.07) is 4.70. The summed E-state index contributed by atoms with van der Waals surface area (Å²) in [4.78, 5) is 0. The van der Waals surface area contributed by atoms with Gasteiger partial charge in [0.25, 0.3) is 0 Å². The van der Waals surface area contributed by atoms with Crippen LogP contribution < -0.4 is 4.74 Å². The van der Waals surface area contributed by atoms with Crippen LogP contribution in [0.15, 0.2) is 21.1 Å². The highest BCUT2D eigenvalue weighted by Gasteiger charge is 2.14. The highest BCUT2D eigenvalue weighted by Crippen LogP contribution is 2.33. The van der Waals surface area contributed by atoms with Crippen molar-refractivity contribution in [1.29, 1.82) is 5.26 Å². The second-order valence-electron chi connectivity index (χ2n) is 2.25. The maximum Gasteiger partial charge on any atom is 0.387 e. The monoisotopic (exact) mass is 325 g/mol. The third-order valence-corrected chi connectivity index (χ3v) is 2.38. The van der Waals surface area contributed by atoms with Gasteiger partial charge < -0.3 is 4.74 Å². The van der Waals surface area contributed by atoms with E-state index in [0.717, 1.165) is 0 Å². The molecule has 0 N–H and O–H groups in total. The number of nitrogens with zero attached hydrogens (tertiary/aromatic N) is 1. The van der Waals surface area contributed by atoms with Crippen LogP contribution in [0.2, 0.25) is 0 Å². The third kappa shape index (κ3) is 2.66. The minimum atomic E-state index is -2.94. The normalized spacial score (nSPS) is 10.0. The molecule has 0 heterocycles. The first-order chi connectivity index (χ1) is 6.54. The van der Waals surface area contributed by atoms with Crippen molar-refractivity contribution in [2.24, 2.45) is 0 Å². The standard InChI is InChI=1S/C8H3Br2F2NO/c9-5-1-4(3-13)7(6(10)2-5)14-8(11)12/h1-2,8H. The van der Waals surface area contributed by atoms with E-state index in [1.54, 1.807) is 6.07 Å². The molecule has 0 saturated heterocycles. The quantitative estimate of drug-likeness (QED) is 0.830. The van der Waals surface area contributed by atoms with Gasteiger partial charge in [0.05, 0.1) is 10.0 Å². The summed E-state index contributed by atoms with van der Waals surface area (Å²) in [6.45, 7) is -2.94. The Morgan fingerprint density at radius 1 is 1.36 bits per heavy atom. The lowest BCUT2D eigenvalue weighted by Gasteiger charge is -2.08. The predicted molar refractivity (Wildman–Crippen MR) is 53.2 cm³/mol. The number of rotatable bonds is 2. The molecule has 0 aliphatic heterocycles. The molecule has 2 nitrogen and oxygen atoms in total. The number of alkyl halides is 2. The first-order valence-corrected chi connectivity index (χ1v) is 4.97. The zero-order valence-electron chi connectivity index (χ0n) is 6.60. The van der Waals surface area contributed by atoms with E-state index in [1.165, 1.54) is 12.1 Å². The van der Waals surface area contributed by atoms with E-state index >= 15 is 0 Å². The Bertz CT molecular complexity index is 390. The van der Waals surface area contributed by atoms with Crippen molar-refractivity contribution >= 4 is 31.9 Å². The van der Waals surface area contributed by atoms with Gasteiger partial charge in [-0.05, 0) is 28.1 Å². The molecule has 0 aromatic heterocycles. The molecular weight excluding hydrogens is 324 g/mol. The fraction of sp³-hybridized carbons (Fsp3) is 0.125. The summed E-state index contributed by atoms with van der Waals surface area (Å²) < 4.78 is 29.0. The molecule has 1 aromatic carbocycles. The molecule has 0 amide bonds. The van der Waals surface area contributed by atoms with Crippen molar-refractivity contribution in [3.05, 3.63) is 26.6 Å². The average Bonchev–Trinajstić information content (AvgIpc) is 2.08. The average molecular weight is 327 g/mol. The summed E-state index contributed by atoms with van der Waals surface area (Å²) in [5.74, 6) is -0.147. The highest BCUT2D eigenvalue weighted by atomic mass is 79.9. The number of benzene rings is 1. The van der Waals surface area contributed by atoms with Gasteiger partial charge in [0, 0.05) is 4.47 Å².